The maximum atomic E-state index is 6.16. The van der Waals surface area contributed by atoms with Crippen LogP contribution in [0.2, 0.25) is 0 Å². The summed E-state index contributed by atoms with van der Waals surface area (Å²) in [7, 11) is 0. The van der Waals surface area contributed by atoms with Gasteiger partial charge in [0.2, 0.25) is 0 Å². The van der Waals surface area contributed by atoms with Gasteiger partial charge in [-0.05, 0) is 51.3 Å². The topological polar surface area (TPSA) is 26.3 Å². The monoisotopic (exact) mass is 412 g/mol. The van der Waals surface area contributed by atoms with Crippen LogP contribution in [0.4, 0.5) is 0 Å². The van der Waals surface area contributed by atoms with Crippen LogP contribution in [0.15, 0.2) is 92.2 Å². The van der Waals surface area contributed by atoms with Gasteiger partial charge in [0.15, 0.2) is 0 Å². The minimum absolute atomic E-state index is 0.879. The Labute approximate surface area is 163 Å². The Morgan fingerprint density at radius 3 is 1.93 bits per heavy atom. The van der Waals surface area contributed by atoms with Crippen molar-refractivity contribution in [2.24, 2.45) is 0 Å². The smallest absolute Gasteiger partial charge is 0.149 e. The summed E-state index contributed by atoms with van der Waals surface area (Å²) in [6, 6.07) is 26.9. The van der Waals surface area contributed by atoms with Gasteiger partial charge in [-0.2, -0.15) is 0 Å². The fourth-order valence-corrected chi connectivity index (χ4v) is 4.48. The van der Waals surface area contributed by atoms with E-state index in [0.717, 1.165) is 59.5 Å². The summed E-state index contributed by atoms with van der Waals surface area (Å²) in [5, 5.41) is 4.52. The van der Waals surface area contributed by atoms with Gasteiger partial charge in [0.1, 0.15) is 22.3 Å². The van der Waals surface area contributed by atoms with Crippen LogP contribution in [0.25, 0.3) is 55.0 Å². The molecule has 27 heavy (non-hydrogen) atoms. The van der Waals surface area contributed by atoms with Crippen molar-refractivity contribution < 1.29 is 8.83 Å². The summed E-state index contributed by atoms with van der Waals surface area (Å²) >= 11 is 3.61. The van der Waals surface area contributed by atoms with E-state index in [1.807, 2.05) is 36.4 Å². The number of fused-ring (bicyclic) bond motifs is 6. The predicted molar refractivity (Wildman–Crippen MR) is 114 cm³/mol. The Morgan fingerprint density at radius 1 is 0.519 bits per heavy atom. The summed E-state index contributed by atoms with van der Waals surface area (Å²) in [4.78, 5) is 0. The molecule has 0 amide bonds. The first-order chi connectivity index (χ1) is 13.3. The molecule has 128 valence electrons. The zero-order valence-corrected chi connectivity index (χ0v) is 15.8. The zero-order valence-electron chi connectivity index (χ0n) is 14.2. The van der Waals surface area contributed by atoms with Gasteiger partial charge >= 0.3 is 0 Å². The number of furan rings is 2. The molecule has 0 fully saturated rings. The molecular weight excluding hydrogens is 400 g/mol. The maximum Gasteiger partial charge on any atom is 0.149 e. The number of para-hydroxylation sites is 2. The zero-order chi connectivity index (χ0) is 18.0. The molecule has 0 saturated carbocycles. The number of hydrogen-bond acceptors (Lipinski definition) is 2. The molecule has 0 atom stereocenters. The van der Waals surface area contributed by atoms with Crippen LogP contribution in [0.5, 0.6) is 0 Å². The largest absolute Gasteiger partial charge is 0.456 e. The lowest BCUT2D eigenvalue weighted by atomic mass is 9.95. The maximum absolute atomic E-state index is 6.16. The van der Waals surface area contributed by atoms with Crippen LogP contribution >= 0.6 is 15.9 Å². The highest BCUT2D eigenvalue weighted by Gasteiger charge is 2.17. The lowest BCUT2D eigenvalue weighted by Crippen LogP contribution is -1.81. The van der Waals surface area contributed by atoms with Gasteiger partial charge in [-0.25, -0.2) is 0 Å². The molecule has 0 bridgehead atoms. The number of benzene rings is 4. The average Bonchev–Trinajstić information content (AvgIpc) is 3.27. The van der Waals surface area contributed by atoms with Crippen molar-refractivity contribution in [3.63, 3.8) is 0 Å². The summed E-state index contributed by atoms with van der Waals surface area (Å²) in [5.74, 6) is 0. The second-order valence-electron chi connectivity index (χ2n) is 6.67. The van der Waals surface area contributed by atoms with E-state index in [4.69, 9.17) is 8.83 Å². The van der Waals surface area contributed by atoms with Crippen LogP contribution in [0, 0.1) is 0 Å². The van der Waals surface area contributed by atoms with Gasteiger partial charge in [0, 0.05) is 21.5 Å². The third kappa shape index (κ3) is 2.06. The molecule has 0 radical (unpaired) electrons. The van der Waals surface area contributed by atoms with Gasteiger partial charge < -0.3 is 8.83 Å². The Bertz CT molecular complexity index is 1490. The van der Waals surface area contributed by atoms with Crippen molar-refractivity contribution in [2.75, 3.05) is 0 Å². The molecule has 4 aromatic carbocycles. The summed E-state index contributed by atoms with van der Waals surface area (Å²) in [6.07, 6.45) is 0. The Morgan fingerprint density at radius 2 is 1.11 bits per heavy atom. The van der Waals surface area contributed by atoms with Crippen LogP contribution in [0.1, 0.15) is 0 Å². The predicted octanol–water partition coefficient (Wildman–Crippen LogP) is 7.91. The van der Waals surface area contributed by atoms with E-state index in [2.05, 4.69) is 58.4 Å². The van der Waals surface area contributed by atoms with E-state index in [-0.39, 0.29) is 0 Å². The molecule has 2 heterocycles. The number of rotatable bonds is 1. The molecule has 3 heteroatoms. The first kappa shape index (κ1) is 15.1. The highest BCUT2D eigenvalue weighted by atomic mass is 79.9. The number of hydrogen-bond donors (Lipinski definition) is 0. The Balaban J connectivity index is 1.81. The Hall–Kier alpha value is -3.04. The fraction of sp³-hybridized carbons (Fsp3) is 0. The molecule has 0 aliphatic carbocycles. The van der Waals surface area contributed by atoms with Gasteiger partial charge in [-0.3, -0.25) is 0 Å². The van der Waals surface area contributed by atoms with E-state index in [9.17, 15) is 0 Å². The minimum Gasteiger partial charge on any atom is -0.456 e. The molecule has 0 aliphatic heterocycles. The second kappa shape index (κ2) is 5.48. The second-order valence-corrected chi connectivity index (χ2v) is 7.53. The Kier molecular flexibility index (Phi) is 3.06. The van der Waals surface area contributed by atoms with Crippen molar-refractivity contribution in [3.05, 3.63) is 83.3 Å². The van der Waals surface area contributed by atoms with Crippen molar-refractivity contribution in [1.29, 1.82) is 0 Å². The van der Waals surface area contributed by atoms with E-state index in [1.165, 1.54) is 0 Å². The third-order valence-corrected chi connectivity index (χ3v) is 5.79. The van der Waals surface area contributed by atoms with E-state index in [1.54, 1.807) is 0 Å². The summed E-state index contributed by atoms with van der Waals surface area (Å²) in [6.45, 7) is 0. The molecule has 6 rings (SSSR count). The molecule has 0 N–H and O–H groups in total. The van der Waals surface area contributed by atoms with Gasteiger partial charge in [-0.15, -0.1) is 0 Å². The van der Waals surface area contributed by atoms with Crippen molar-refractivity contribution in [3.8, 4) is 11.1 Å². The fourth-order valence-electron chi connectivity index (χ4n) is 4.04. The lowest BCUT2D eigenvalue weighted by Gasteiger charge is -2.06. The standard InChI is InChI=1S/C24H13BrO2/c25-18-10-3-9-17-23-15(8-5-13-21(23)27-24(17)18)14-7-4-12-20-22(14)16-6-1-2-11-19(16)26-20/h1-13H. The molecular formula is C24H13BrO2. The minimum atomic E-state index is 0.879. The quantitative estimate of drug-likeness (QED) is 0.274. The van der Waals surface area contributed by atoms with Crippen molar-refractivity contribution in [1.82, 2.24) is 0 Å². The first-order valence-electron chi connectivity index (χ1n) is 8.81. The van der Waals surface area contributed by atoms with Crippen LogP contribution in [-0.4, -0.2) is 0 Å². The highest BCUT2D eigenvalue weighted by Crippen LogP contribution is 2.43. The van der Waals surface area contributed by atoms with E-state index < -0.39 is 0 Å². The SMILES string of the molecule is Brc1cccc2c1oc1cccc(-c3cccc4oc5ccccc5c34)c12. The van der Waals surface area contributed by atoms with E-state index in [0.29, 0.717) is 0 Å². The summed E-state index contributed by atoms with van der Waals surface area (Å²) in [5.41, 5.74) is 5.89. The highest BCUT2D eigenvalue weighted by molar-refractivity contribution is 9.10. The van der Waals surface area contributed by atoms with Gasteiger partial charge in [0.25, 0.3) is 0 Å². The van der Waals surface area contributed by atoms with Crippen molar-refractivity contribution >= 4 is 59.8 Å². The molecule has 0 saturated heterocycles. The normalized spacial score (nSPS) is 11.9. The molecule has 0 spiro atoms. The molecule has 6 aromatic rings. The molecule has 2 aromatic heterocycles. The van der Waals surface area contributed by atoms with Gasteiger partial charge in [-0.1, -0.05) is 54.6 Å². The van der Waals surface area contributed by atoms with Gasteiger partial charge in [0.05, 0.1) is 4.47 Å². The van der Waals surface area contributed by atoms with Crippen molar-refractivity contribution in [2.45, 2.75) is 0 Å². The molecule has 0 unspecified atom stereocenters. The summed E-state index contributed by atoms with van der Waals surface area (Å²) < 4.78 is 13.2. The molecule has 2 nitrogen and oxygen atoms in total. The number of halogens is 1. The van der Waals surface area contributed by atoms with Crippen LogP contribution < -0.4 is 0 Å². The first-order valence-corrected chi connectivity index (χ1v) is 9.61. The lowest BCUT2D eigenvalue weighted by molar-refractivity contribution is 0.666. The van der Waals surface area contributed by atoms with Crippen LogP contribution in [0.3, 0.4) is 0 Å². The third-order valence-electron chi connectivity index (χ3n) is 5.17. The molecule has 0 aliphatic rings. The average molecular weight is 413 g/mol. The van der Waals surface area contributed by atoms with E-state index >= 15 is 0 Å². The van der Waals surface area contributed by atoms with Crippen LogP contribution in [-0.2, 0) is 0 Å².